The molecule has 1 atom stereocenters. The summed E-state index contributed by atoms with van der Waals surface area (Å²) in [4.78, 5) is 34.2. The second-order valence-electron chi connectivity index (χ2n) is 10.5. The van der Waals surface area contributed by atoms with E-state index in [4.69, 9.17) is 5.73 Å². The highest BCUT2D eigenvalue weighted by molar-refractivity contribution is 6.02. The van der Waals surface area contributed by atoms with E-state index in [1.54, 1.807) is 6.92 Å². The van der Waals surface area contributed by atoms with E-state index in [2.05, 4.69) is 45.2 Å². The first-order chi connectivity index (χ1) is 15.6. The van der Waals surface area contributed by atoms with Crippen LogP contribution in [0.4, 0.5) is 15.8 Å². The van der Waals surface area contributed by atoms with Crippen LogP contribution < -0.4 is 21.9 Å². The smallest absolute Gasteiger partial charge is 0.249 e. The zero-order chi connectivity index (χ0) is 26.0. The first-order valence-electron chi connectivity index (χ1n) is 11.7. The molecule has 1 aliphatic rings. The third kappa shape index (κ3) is 6.17. The standard InChI is InChI=1S/C16H16FNO3.C12H21N/c1-7(2)13-8(3)5-10(17)15(14(13)9(4)19)18-11-6-12(20)16(11)21;1-9-5-7-10(8-6-9)11(13)12(2,3)4/h5-7,18H,1-4H3;5,7,11H,6,8,13H2,1-4H3/t;11-/m.0/s1. The van der Waals surface area contributed by atoms with E-state index in [-0.39, 0.29) is 40.1 Å². The third-order valence-corrected chi connectivity index (χ3v) is 6.18. The van der Waals surface area contributed by atoms with Gasteiger partial charge < -0.3 is 11.1 Å². The van der Waals surface area contributed by atoms with Gasteiger partial charge in [0, 0.05) is 17.7 Å². The highest BCUT2D eigenvalue weighted by Crippen LogP contribution is 2.34. The summed E-state index contributed by atoms with van der Waals surface area (Å²) in [5.41, 5.74) is 9.53. The van der Waals surface area contributed by atoms with Crippen molar-refractivity contribution in [1.82, 2.24) is 0 Å². The number of rotatable bonds is 5. The van der Waals surface area contributed by atoms with Gasteiger partial charge in [0.15, 0.2) is 5.78 Å². The number of aryl methyl sites for hydroxylation is 1. The van der Waals surface area contributed by atoms with Crippen molar-refractivity contribution in [2.24, 2.45) is 11.1 Å². The van der Waals surface area contributed by atoms with Gasteiger partial charge in [-0.3, -0.25) is 14.4 Å². The van der Waals surface area contributed by atoms with E-state index in [0.29, 0.717) is 5.56 Å². The van der Waals surface area contributed by atoms with Gasteiger partial charge in [-0.2, -0.15) is 0 Å². The molecule has 5 nitrogen and oxygen atoms in total. The topological polar surface area (TPSA) is 89.3 Å². The van der Waals surface area contributed by atoms with Crippen molar-refractivity contribution in [3.63, 3.8) is 0 Å². The Kier molecular flexibility index (Phi) is 8.54. The van der Waals surface area contributed by atoms with Crippen LogP contribution in [-0.4, -0.2) is 11.8 Å². The molecule has 0 saturated heterocycles. The molecule has 1 aliphatic carbocycles. The molecule has 0 aromatic heterocycles. The quantitative estimate of drug-likeness (QED) is 0.426. The summed E-state index contributed by atoms with van der Waals surface area (Å²) in [5.74, 6) is -0.879. The van der Waals surface area contributed by atoms with Crippen molar-refractivity contribution >= 4 is 17.2 Å². The Morgan fingerprint density at radius 2 is 1.71 bits per heavy atom. The molecule has 0 spiro atoms. The van der Waals surface area contributed by atoms with E-state index in [0.717, 1.165) is 18.1 Å². The van der Waals surface area contributed by atoms with Crippen LogP contribution in [-0.2, 0) is 0 Å². The first-order valence-corrected chi connectivity index (χ1v) is 11.7. The number of allylic oxidation sites excluding steroid dienone is 3. The fraction of sp³-hybridized carbons (Fsp3) is 0.464. The molecule has 0 radical (unpaired) electrons. The number of anilines is 2. The van der Waals surface area contributed by atoms with E-state index >= 15 is 0 Å². The summed E-state index contributed by atoms with van der Waals surface area (Å²) in [6.45, 7) is 15.7. The van der Waals surface area contributed by atoms with E-state index in [1.165, 1.54) is 30.6 Å². The summed E-state index contributed by atoms with van der Waals surface area (Å²) in [6.07, 6.45) is 6.72. The summed E-state index contributed by atoms with van der Waals surface area (Å²) >= 11 is 0. The van der Waals surface area contributed by atoms with Gasteiger partial charge in [0.1, 0.15) is 5.82 Å². The number of halogens is 1. The monoisotopic (exact) mass is 468 g/mol. The van der Waals surface area contributed by atoms with Crippen LogP contribution in [0.1, 0.15) is 88.7 Å². The highest BCUT2D eigenvalue weighted by Gasteiger charge is 2.25. The van der Waals surface area contributed by atoms with Crippen LogP contribution in [0.5, 0.6) is 0 Å². The zero-order valence-corrected chi connectivity index (χ0v) is 21.6. The maximum absolute atomic E-state index is 14.2. The van der Waals surface area contributed by atoms with Crippen molar-refractivity contribution in [3.8, 4) is 0 Å². The molecule has 6 heteroatoms. The van der Waals surface area contributed by atoms with Crippen molar-refractivity contribution < 1.29 is 9.18 Å². The van der Waals surface area contributed by atoms with Crippen LogP contribution in [0, 0.1) is 18.2 Å². The molecule has 34 heavy (non-hydrogen) atoms. The molecular formula is C28H37FN2O3. The third-order valence-electron chi connectivity index (χ3n) is 6.18. The SMILES string of the molecule is CC(=O)c1c(Nc2cc(=O)c2=O)c(F)cc(C)c1C(C)C.CC1=CC=C([C@H](N)C(C)(C)C)CC1. The predicted octanol–water partition coefficient (Wildman–Crippen LogP) is 5.83. The molecule has 184 valence electrons. The maximum Gasteiger partial charge on any atom is 0.249 e. The average Bonchev–Trinajstić information content (AvgIpc) is 2.73. The molecule has 0 aliphatic heterocycles. The number of nitrogens with one attached hydrogen (secondary N) is 1. The van der Waals surface area contributed by atoms with Crippen LogP contribution in [0.2, 0.25) is 0 Å². The van der Waals surface area contributed by atoms with E-state index < -0.39 is 16.7 Å². The van der Waals surface area contributed by atoms with Crippen LogP contribution in [0.25, 0.3) is 0 Å². The molecule has 0 amide bonds. The second kappa shape index (κ2) is 10.6. The van der Waals surface area contributed by atoms with Crippen molar-refractivity contribution in [3.05, 3.63) is 78.4 Å². The van der Waals surface area contributed by atoms with Crippen molar-refractivity contribution in [2.45, 2.75) is 80.2 Å². The van der Waals surface area contributed by atoms with Gasteiger partial charge in [0.25, 0.3) is 0 Å². The Bertz CT molecular complexity index is 1210. The minimum Gasteiger partial charge on any atom is -0.349 e. The van der Waals surface area contributed by atoms with Gasteiger partial charge in [-0.05, 0) is 62.1 Å². The lowest BCUT2D eigenvalue weighted by Crippen LogP contribution is -2.37. The number of hydrogen-bond acceptors (Lipinski definition) is 5. The average molecular weight is 469 g/mol. The van der Waals surface area contributed by atoms with Gasteiger partial charge in [-0.25, -0.2) is 4.39 Å². The summed E-state index contributed by atoms with van der Waals surface area (Å²) < 4.78 is 14.2. The lowest BCUT2D eigenvalue weighted by atomic mass is 9.79. The molecular weight excluding hydrogens is 431 g/mol. The fourth-order valence-electron chi connectivity index (χ4n) is 4.14. The molecule has 0 unspecified atom stereocenters. The molecule has 3 rings (SSSR count). The van der Waals surface area contributed by atoms with Crippen LogP contribution in [0.3, 0.4) is 0 Å². The highest BCUT2D eigenvalue weighted by atomic mass is 19.1. The van der Waals surface area contributed by atoms with Gasteiger partial charge in [0.2, 0.25) is 10.9 Å². The predicted molar refractivity (Wildman–Crippen MR) is 138 cm³/mol. The molecule has 0 bridgehead atoms. The Morgan fingerprint density at radius 1 is 1.09 bits per heavy atom. The Hall–Kier alpha value is -2.86. The molecule has 2 aromatic carbocycles. The van der Waals surface area contributed by atoms with Gasteiger partial charge in [0.05, 0.1) is 11.4 Å². The van der Waals surface area contributed by atoms with Crippen LogP contribution in [0.15, 0.2) is 45.0 Å². The Balaban J connectivity index is 0.000000270. The minimum atomic E-state index is -0.699. The molecule has 3 N–H and O–H groups in total. The number of Topliss-reactive ketones (excluding diaryl/α,β-unsaturated/α-hetero) is 1. The number of hydrogen-bond donors (Lipinski definition) is 2. The van der Waals surface area contributed by atoms with Gasteiger partial charge >= 0.3 is 0 Å². The van der Waals surface area contributed by atoms with Crippen molar-refractivity contribution in [1.29, 1.82) is 0 Å². The maximum atomic E-state index is 14.2. The normalized spacial score (nSPS) is 14.8. The fourth-order valence-corrected chi connectivity index (χ4v) is 4.14. The number of carbonyl (C=O) groups excluding carboxylic acids is 1. The summed E-state index contributed by atoms with van der Waals surface area (Å²) in [7, 11) is 0. The molecule has 0 heterocycles. The Morgan fingerprint density at radius 3 is 2.12 bits per heavy atom. The first kappa shape index (κ1) is 27.4. The van der Waals surface area contributed by atoms with Gasteiger partial charge in [-0.15, -0.1) is 0 Å². The largest absolute Gasteiger partial charge is 0.349 e. The summed E-state index contributed by atoms with van der Waals surface area (Å²) in [5, 5.41) is 2.59. The molecule has 2 aromatic rings. The zero-order valence-electron chi connectivity index (χ0n) is 21.6. The molecule has 0 saturated carbocycles. The molecule has 0 fully saturated rings. The lowest BCUT2D eigenvalue weighted by molar-refractivity contribution is 0.101. The number of nitrogens with two attached hydrogens (primary N) is 1. The van der Waals surface area contributed by atoms with E-state index in [1.807, 2.05) is 13.8 Å². The minimum absolute atomic E-state index is 0.0139. The van der Waals surface area contributed by atoms with E-state index in [9.17, 15) is 18.8 Å². The Labute approximate surface area is 201 Å². The number of ketones is 1. The lowest BCUT2D eigenvalue weighted by Gasteiger charge is -2.30. The second-order valence-corrected chi connectivity index (χ2v) is 10.5. The number of benzene rings is 1. The van der Waals surface area contributed by atoms with Gasteiger partial charge in [-0.1, -0.05) is 57.9 Å². The number of carbonyl (C=O) groups is 1. The van der Waals surface area contributed by atoms with Crippen LogP contribution >= 0.6 is 0 Å². The summed E-state index contributed by atoms with van der Waals surface area (Å²) in [6, 6.07) is 2.63. The van der Waals surface area contributed by atoms with Crippen molar-refractivity contribution in [2.75, 3.05) is 5.32 Å².